The molecule has 0 bridgehead atoms. The van der Waals surface area contributed by atoms with Gasteiger partial charge in [-0.05, 0) is 24.1 Å². The second-order valence-corrected chi connectivity index (χ2v) is 8.01. The molecule has 1 aliphatic rings. The van der Waals surface area contributed by atoms with Gasteiger partial charge in [-0.1, -0.05) is 12.1 Å². The van der Waals surface area contributed by atoms with Crippen LogP contribution in [0, 0.1) is 5.82 Å². The van der Waals surface area contributed by atoms with E-state index in [-0.39, 0.29) is 18.9 Å². The lowest BCUT2D eigenvalue weighted by Gasteiger charge is -2.20. The van der Waals surface area contributed by atoms with Crippen LogP contribution < -0.4 is 0 Å². The molecule has 9 heteroatoms. The molecule has 25 heavy (non-hydrogen) atoms. The number of fused-ring (bicyclic) bond motifs is 1. The Morgan fingerprint density at radius 2 is 2.16 bits per heavy atom. The lowest BCUT2D eigenvalue weighted by atomic mass is 10.1. The van der Waals surface area contributed by atoms with Crippen molar-refractivity contribution < 1.29 is 17.5 Å². The molecule has 0 fully saturated rings. The number of benzene rings is 1. The van der Waals surface area contributed by atoms with Crippen molar-refractivity contribution in [1.29, 1.82) is 0 Å². The predicted molar refractivity (Wildman–Crippen MR) is 89.9 cm³/mol. The molecule has 0 amide bonds. The van der Waals surface area contributed by atoms with Gasteiger partial charge in [0.2, 0.25) is 10.0 Å². The van der Waals surface area contributed by atoms with E-state index in [2.05, 4.69) is 10.2 Å². The van der Waals surface area contributed by atoms with Crippen molar-refractivity contribution in [1.82, 2.24) is 19.1 Å². The van der Waals surface area contributed by atoms with E-state index in [0.717, 1.165) is 11.4 Å². The highest BCUT2D eigenvalue weighted by Crippen LogP contribution is 2.13. The van der Waals surface area contributed by atoms with Gasteiger partial charge in [-0.15, -0.1) is 10.2 Å². The third-order valence-corrected chi connectivity index (χ3v) is 5.41. The van der Waals surface area contributed by atoms with Gasteiger partial charge in [-0.25, -0.2) is 12.8 Å². The van der Waals surface area contributed by atoms with Gasteiger partial charge in [0.25, 0.3) is 0 Å². The zero-order chi connectivity index (χ0) is 17.9. The van der Waals surface area contributed by atoms with Crippen molar-refractivity contribution in [2.45, 2.75) is 25.9 Å². The monoisotopic (exact) mass is 368 g/mol. The summed E-state index contributed by atoms with van der Waals surface area (Å²) >= 11 is 0. The maximum Gasteiger partial charge on any atom is 0.211 e. The first-order valence-corrected chi connectivity index (χ1v) is 9.96. The molecular formula is C16H21FN4O3S. The summed E-state index contributed by atoms with van der Waals surface area (Å²) in [5, 5.41) is 8.30. The SMILES string of the molecule is CS(=O)(=O)N(CCc1cccc(F)c1)Cc1nnc2n1CCOCC2. The van der Waals surface area contributed by atoms with E-state index >= 15 is 0 Å². The van der Waals surface area contributed by atoms with Crippen LogP contribution in [0.5, 0.6) is 0 Å². The van der Waals surface area contributed by atoms with Crippen molar-refractivity contribution in [2.75, 3.05) is 26.0 Å². The zero-order valence-electron chi connectivity index (χ0n) is 14.1. The fraction of sp³-hybridized carbons (Fsp3) is 0.500. The first-order chi connectivity index (χ1) is 11.9. The summed E-state index contributed by atoms with van der Waals surface area (Å²) in [4.78, 5) is 0. The Hall–Kier alpha value is -1.84. The molecule has 3 rings (SSSR count). The van der Waals surface area contributed by atoms with Crippen LogP contribution in [0.3, 0.4) is 0 Å². The Labute approximate surface area is 146 Å². The molecule has 0 atom stereocenters. The Bertz CT molecular complexity index is 838. The van der Waals surface area contributed by atoms with Crippen LogP contribution in [0.4, 0.5) is 4.39 Å². The van der Waals surface area contributed by atoms with E-state index in [0.29, 0.717) is 38.4 Å². The van der Waals surface area contributed by atoms with Crippen molar-refractivity contribution in [3.63, 3.8) is 0 Å². The van der Waals surface area contributed by atoms with Crippen LogP contribution in [0.2, 0.25) is 0 Å². The van der Waals surface area contributed by atoms with Crippen molar-refractivity contribution in [3.8, 4) is 0 Å². The number of hydrogen-bond donors (Lipinski definition) is 0. The fourth-order valence-corrected chi connectivity index (χ4v) is 3.59. The molecule has 0 radical (unpaired) electrons. The van der Waals surface area contributed by atoms with Crippen molar-refractivity contribution in [3.05, 3.63) is 47.3 Å². The molecule has 1 aromatic heterocycles. The van der Waals surface area contributed by atoms with Crippen LogP contribution in [-0.4, -0.2) is 53.5 Å². The van der Waals surface area contributed by atoms with Crippen LogP contribution in [0.25, 0.3) is 0 Å². The normalized spacial score (nSPS) is 15.2. The third-order valence-electron chi connectivity index (χ3n) is 4.16. The fourth-order valence-electron chi connectivity index (χ4n) is 2.82. The summed E-state index contributed by atoms with van der Waals surface area (Å²) < 4.78 is 46.3. The summed E-state index contributed by atoms with van der Waals surface area (Å²) in [6.07, 6.45) is 2.26. The Morgan fingerprint density at radius 3 is 2.92 bits per heavy atom. The summed E-state index contributed by atoms with van der Waals surface area (Å²) in [7, 11) is -3.43. The van der Waals surface area contributed by atoms with E-state index < -0.39 is 10.0 Å². The average molecular weight is 368 g/mol. The maximum absolute atomic E-state index is 13.3. The Morgan fingerprint density at radius 1 is 1.32 bits per heavy atom. The van der Waals surface area contributed by atoms with E-state index in [1.807, 2.05) is 4.57 Å². The van der Waals surface area contributed by atoms with Gasteiger partial charge in [0, 0.05) is 19.5 Å². The minimum absolute atomic E-state index is 0.140. The molecule has 0 N–H and O–H groups in total. The molecule has 0 aliphatic carbocycles. The Kier molecular flexibility index (Phi) is 5.45. The molecule has 0 saturated carbocycles. The number of halogens is 1. The lowest BCUT2D eigenvalue weighted by Crippen LogP contribution is -2.33. The Balaban J connectivity index is 1.75. The molecule has 0 saturated heterocycles. The number of ether oxygens (including phenoxy) is 1. The van der Waals surface area contributed by atoms with Gasteiger partial charge in [0.15, 0.2) is 0 Å². The van der Waals surface area contributed by atoms with E-state index in [1.165, 1.54) is 22.7 Å². The minimum Gasteiger partial charge on any atom is -0.379 e. The topological polar surface area (TPSA) is 77.3 Å². The summed E-state index contributed by atoms with van der Waals surface area (Å²) in [6.45, 7) is 2.15. The van der Waals surface area contributed by atoms with Crippen LogP contribution in [0.15, 0.2) is 24.3 Å². The number of nitrogens with zero attached hydrogens (tertiary/aromatic N) is 4. The first kappa shape index (κ1) is 18.0. The van der Waals surface area contributed by atoms with E-state index in [4.69, 9.17) is 4.74 Å². The van der Waals surface area contributed by atoms with Crippen LogP contribution in [0.1, 0.15) is 17.2 Å². The number of sulfonamides is 1. The summed E-state index contributed by atoms with van der Waals surface area (Å²) in [5.74, 6) is 1.09. The molecule has 136 valence electrons. The van der Waals surface area contributed by atoms with E-state index in [1.54, 1.807) is 12.1 Å². The third kappa shape index (κ3) is 4.62. The van der Waals surface area contributed by atoms with Gasteiger partial charge < -0.3 is 9.30 Å². The molecular weight excluding hydrogens is 347 g/mol. The second kappa shape index (κ2) is 7.59. The molecule has 2 heterocycles. The average Bonchev–Trinajstić information content (AvgIpc) is 2.77. The largest absolute Gasteiger partial charge is 0.379 e. The predicted octanol–water partition coefficient (Wildman–Crippen LogP) is 0.994. The smallest absolute Gasteiger partial charge is 0.211 e. The molecule has 1 aromatic carbocycles. The summed E-state index contributed by atoms with van der Waals surface area (Å²) in [6, 6.07) is 6.18. The highest BCUT2D eigenvalue weighted by atomic mass is 32.2. The first-order valence-electron chi connectivity index (χ1n) is 8.12. The van der Waals surface area contributed by atoms with Gasteiger partial charge in [0.05, 0.1) is 26.0 Å². The molecule has 7 nitrogen and oxygen atoms in total. The quantitative estimate of drug-likeness (QED) is 0.760. The highest BCUT2D eigenvalue weighted by molar-refractivity contribution is 7.88. The maximum atomic E-state index is 13.3. The summed E-state index contributed by atoms with van der Waals surface area (Å²) in [5.41, 5.74) is 0.752. The second-order valence-electron chi connectivity index (χ2n) is 6.02. The highest BCUT2D eigenvalue weighted by Gasteiger charge is 2.22. The zero-order valence-corrected chi connectivity index (χ0v) is 14.9. The van der Waals surface area contributed by atoms with Crippen LogP contribution >= 0.6 is 0 Å². The standard InChI is InChI=1S/C16H21FN4O3S/c1-25(22,23)20(7-5-13-3-2-4-14(17)11-13)12-16-19-18-15-6-9-24-10-8-21(15)16/h2-4,11H,5-10,12H2,1H3. The molecule has 0 unspecified atom stereocenters. The van der Waals surface area contributed by atoms with Crippen LogP contribution in [-0.2, 0) is 40.7 Å². The van der Waals surface area contributed by atoms with E-state index in [9.17, 15) is 12.8 Å². The van der Waals surface area contributed by atoms with Gasteiger partial charge >= 0.3 is 0 Å². The minimum atomic E-state index is -3.43. The van der Waals surface area contributed by atoms with Gasteiger partial charge in [-0.3, -0.25) is 0 Å². The van der Waals surface area contributed by atoms with Crippen molar-refractivity contribution >= 4 is 10.0 Å². The molecule has 2 aromatic rings. The van der Waals surface area contributed by atoms with Gasteiger partial charge in [-0.2, -0.15) is 4.31 Å². The molecule has 1 aliphatic heterocycles. The van der Waals surface area contributed by atoms with Crippen molar-refractivity contribution in [2.24, 2.45) is 0 Å². The number of rotatable bonds is 6. The number of hydrogen-bond acceptors (Lipinski definition) is 5. The lowest BCUT2D eigenvalue weighted by molar-refractivity contribution is 0.139. The molecule has 0 spiro atoms. The van der Waals surface area contributed by atoms with Gasteiger partial charge in [0.1, 0.15) is 17.5 Å². The number of aromatic nitrogens is 3.